The topological polar surface area (TPSA) is 514 Å². The summed E-state index contributed by atoms with van der Waals surface area (Å²) in [5, 5.41) is 38.3. The fraction of sp³-hybridized carbons (Fsp3) is 0.267. The first-order valence-corrected chi connectivity index (χ1v) is 39.5. The van der Waals surface area contributed by atoms with E-state index in [1.54, 1.807) is 217 Å². The summed E-state index contributed by atoms with van der Waals surface area (Å²) in [6.07, 6.45) is 6.40. The molecular formula is C86H95Cl4N23O17. The van der Waals surface area contributed by atoms with Crippen LogP contribution in [0.15, 0.2) is 212 Å². The number of nitrogens with one attached hydrogen (secondary N) is 5. The fourth-order valence-electron chi connectivity index (χ4n) is 9.18. The van der Waals surface area contributed by atoms with Crippen LogP contribution in [0.1, 0.15) is 115 Å². The Morgan fingerprint density at radius 2 is 0.692 bits per heavy atom. The number of aromatic nitrogens is 14. The second-order valence-electron chi connectivity index (χ2n) is 31.9. The number of quaternary nitrogens is 1. The fourth-order valence-corrected chi connectivity index (χ4v) is 9.67. The first-order chi connectivity index (χ1) is 60.6. The number of halogens is 4. The van der Waals surface area contributed by atoms with Gasteiger partial charge < -0.3 is 75.2 Å². The van der Waals surface area contributed by atoms with E-state index < -0.39 is 58.5 Å². The van der Waals surface area contributed by atoms with Gasteiger partial charge in [-0.25, -0.2) is 78.8 Å². The third kappa shape index (κ3) is 41.4. The summed E-state index contributed by atoms with van der Waals surface area (Å²) in [6, 6.07) is 45.3. The van der Waals surface area contributed by atoms with E-state index in [1.807, 2.05) is 48.0 Å². The Morgan fingerprint density at radius 1 is 0.392 bits per heavy atom. The molecule has 8 N–H and O–H groups in total. The van der Waals surface area contributed by atoms with Crippen molar-refractivity contribution >= 4 is 105 Å². The smallest absolute Gasteiger partial charge is 0.412 e. The minimum atomic E-state index is -0.594. The zero-order valence-corrected chi connectivity index (χ0v) is 76.7. The molecule has 12 aromatic rings. The molecule has 5 amide bonds. The monoisotopic (exact) mass is 1860 g/mol. The molecule has 0 aliphatic heterocycles. The highest BCUT2D eigenvalue weighted by molar-refractivity contribution is 6.33. The van der Waals surface area contributed by atoms with Gasteiger partial charge in [0.2, 0.25) is 47.4 Å². The molecule has 44 heteroatoms. The van der Waals surface area contributed by atoms with Gasteiger partial charge in [0.05, 0.1) is 27.2 Å². The van der Waals surface area contributed by atoms with Gasteiger partial charge in [0.15, 0.2) is 5.84 Å². The lowest BCUT2D eigenvalue weighted by Gasteiger charge is -2.21. The van der Waals surface area contributed by atoms with Crippen LogP contribution in [0.3, 0.4) is 0 Å². The summed E-state index contributed by atoms with van der Waals surface area (Å²) in [7, 11) is 6.03. The van der Waals surface area contributed by atoms with Crippen molar-refractivity contribution in [1.82, 2.24) is 74.4 Å². The average molecular weight is 1860 g/mol. The van der Waals surface area contributed by atoms with Crippen LogP contribution in [-0.4, -0.2) is 161 Å². The Morgan fingerprint density at radius 3 is 1.00 bits per heavy atom. The summed E-state index contributed by atoms with van der Waals surface area (Å²) in [5.41, 5.74) is 6.18. The maximum absolute atomic E-state index is 11.9. The van der Waals surface area contributed by atoms with Crippen molar-refractivity contribution in [2.45, 2.75) is 132 Å². The van der Waals surface area contributed by atoms with Crippen LogP contribution in [-0.2, 0) is 23.7 Å². The lowest BCUT2D eigenvalue weighted by atomic mass is 10.2. The molecule has 684 valence electrons. The molecule has 7 aromatic heterocycles. The predicted octanol–water partition coefficient (Wildman–Crippen LogP) is 16.7. The van der Waals surface area contributed by atoms with Crippen molar-refractivity contribution in [2.75, 3.05) is 47.7 Å². The zero-order chi connectivity index (χ0) is 94.7. The highest BCUT2D eigenvalue weighted by atomic mass is 35.5. The van der Waals surface area contributed by atoms with Crippen molar-refractivity contribution in [1.29, 1.82) is 5.26 Å². The third-order valence-corrected chi connectivity index (χ3v) is 14.7. The molecule has 5 aromatic carbocycles. The van der Waals surface area contributed by atoms with E-state index in [1.165, 1.54) is 68.6 Å². The first-order valence-electron chi connectivity index (χ1n) is 38.4. The van der Waals surface area contributed by atoms with Crippen LogP contribution in [0.25, 0.3) is 11.5 Å². The number of nitrogens with zero attached hydrogens (tertiary/aromatic N) is 17. The maximum atomic E-state index is 11.9. The van der Waals surface area contributed by atoms with Crippen LogP contribution >= 0.6 is 34.8 Å². The van der Waals surface area contributed by atoms with Crippen molar-refractivity contribution < 1.29 is 93.5 Å². The third-order valence-electron chi connectivity index (χ3n) is 14.0. The molecule has 0 fully saturated rings. The Kier molecular flexibility index (Phi) is 38.8. The minimum absolute atomic E-state index is 0. The van der Waals surface area contributed by atoms with Crippen molar-refractivity contribution in [3.63, 3.8) is 0 Å². The van der Waals surface area contributed by atoms with E-state index in [0.717, 1.165) is 5.82 Å². The van der Waals surface area contributed by atoms with E-state index in [4.69, 9.17) is 103 Å². The number of ether oxygens (including phenoxy) is 10. The molecular weight excluding hydrogens is 1770 g/mol. The molecule has 0 saturated heterocycles. The number of carbonyl (C=O) groups excluding carboxylic acids is 5. The highest BCUT2D eigenvalue weighted by Gasteiger charge is 2.23. The lowest BCUT2D eigenvalue weighted by Crippen LogP contribution is -3.00. The quantitative estimate of drug-likeness (QED) is 0.00798. The van der Waals surface area contributed by atoms with Crippen molar-refractivity contribution in [3.05, 3.63) is 229 Å². The average Bonchev–Trinajstić information content (AvgIpc) is 1.88. The molecule has 0 spiro atoms. The molecule has 0 radical (unpaired) electrons. The molecule has 0 aliphatic carbocycles. The minimum Gasteiger partial charge on any atom is -1.00 e. The van der Waals surface area contributed by atoms with Crippen molar-refractivity contribution in [3.8, 4) is 75.7 Å². The Labute approximate surface area is 769 Å². The van der Waals surface area contributed by atoms with Gasteiger partial charge in [-0.2, -0.15) is 15.2 Å². The van der Waals surface area contributed by atoms with Crippen LogP contribution in [0.5, 0.6) is 58.1 Å². The number of nitriles is 1. The summed E-state index contributed by atoms with van der Waals surface area (Å²) in [6.45, 7) is 26.9. The Hall–Kier alpha value is -15.1. The van der Waals surface area contributed by atoms with Crippen molar-refractivity contribution in [2.24, 2.45) is 10.9 Å². The van der Waals surface area contributed by atoms with Crippen LogP contribution < -0.4 is 72.9 Å². The molecule has 0 aliphatic rings. The number of carbonyl (C=O) groups is 5. The van der Waals surface area contributed by atoms with Gasteiger partial charge in [0.25, 0.3) is 0 Å². The second kappa shape index (κ2) is 48.6. The zero-order valence-electron chi connectivity index (χ0n) is 73.7. The highest BCUT2D eigenvalue weighted by Crippen LogP contribution is 2.31. The number of nitrogens with two attached hydrogens (primary N) is 1. The molecule has 130 heavy (non-hydrogen) atoms. The predicted molar refractivity (Wildman–Crippen MR) is 479 cm³/mol. The van der Waals surface area contributed by atoms with Gasteiger partial charge in [0, 0.05) is 89.1 Å². The van der Waals surface area contributed by atoms with E-state index in [2.05, 4.69) is 102 Å². The molecule has 12 rings (SSSR count). The number of anilines is 5. The molecule has 0 saturated carbocycles. The number of amides is 5. The first kappa shape index (κ1) is 104. The normalized spacial score (nSPS) is 11.0. The van der Waals surface area contributed by atoms with Gasteiger partial charge in [0.1, 0.15) is 133 Å². The van der Waals surface area contributed by atoms with Crippen LogP contribution in [0, 0.1) is 11.3 Å². The van der Waals surface area contributed by atoms with Gasteiger partial charge in [-0.1, -0.05) is 75.4 Å². The summed E-state index contributed by atoms with van der Waals surface area (Å²) < 4.78 is 59.5. The number of amidine groups is 1. The molecule has 0 bridgehead atoms. The molecule has 0 atom stereocenters. The Bertz CT molecular complexity index is 5790. The summed E-state index contributed by atoms with van der Waals surface area (Å²) in [5.74, 6) is 4.92. The number of hydrogen-bond donors (Lipinski definition) is 7. The standard InChI is InChI=1S/C18H24N4O3.C17H17N5O4.C16H19N5O4.C16H16N4O3.C15H16ClN3O3.C4H2Cl2N2.ClH/c1-18(2,3)25-17(23)21-13-8-7-9-14(10-13)24-16-11-15(19-12-20-16)22(4,5)6;1-17(2,3)26-16(23)21-11-5-4-6-12(7-11)25-14-8-13(18-9-19-14)15-20-10-24-22-15;1-16(2,3)25-15(22)20-10-5-4-6-11(7-10)24-13-8-12(14(17)21-23)18-9-19-13;1-16(2,3)23-15(21)20-11-5-4-6-13(7-11)22-14-8-12(9-17)18-10-19-14;1-15(2,3)22-14(20)19-10-5-4-6-11(7-10)21-13-8-12(16)17-9-18-13;5-3-1-4(6)8-2-7-3;/h7-12H,1-6H3;4-10H,1-3H3,(H,21,23);4-9,23H,1-3H3,(H2,17,21)(H,20,22);4-8,10H,1-3H3,(H,20,21);4-9H,1-3H3,(H,19,20);1-2H;1H. The van der Waals surface area contributed by atoms with Gasteiger partial charge in [-0.3, -0.25) is 31.1 Å². The van der Waals surface area contributed by atoms with E-state index in [0.29, 0.717) is 101 Å². The lowest BCUT2D eigenvalue weighted by molar-refractivity contribution is -0.000111. The summed E-state index contributed by atoms with van der Waals surface area (Å²) in [4.78, 5) is 110. The number of rotatable bonds is 18. The van der Waals surface area contributed by atoms with E-state index in [-0.39, 0.29) is 46.5 Å². The number of benzene rings is 5. The van der Waals surface area contributed by atoms with E-state index in [9.17, 15) is 24.0 Å². The molecule has 7 heterocycles. The largest absolute Gasteiger partial charge is 1.00 e. The second-order valence-corrected chi connectivity index (χ2v) is 33.1. The maximum Gasteiger partial charge on any atom is 0.412 e. The van der Waals surface area contributed by atoms with Crippen LogP contribution in [0.4, 0.5) is 58.2 Å². The van der Waals surface area contributed by atoms with E-state index >= 15 is 0 Å². The van der Waals surface area contributed by atoms with Gasteiger partial charge in [-0.15, -0.1) is 0 Å². The summed E-state index contributed by atoms with van der Waals surface area (Å²) >= 11 is 16.6. The van der Waals surface area contributed by atoms with Gasteiger partial charge in [-0.05, 0) is 165 Å². The van der Waals surface area contributed by atoms with Gasteiger partial charge >= 0.3 is 30.5 Å². The SMILES string of the molecule is CC(C)(C)OC(=O)Nc1cccc(Oc2cc(-c3ncon3)ncn2)c1.CC(C)(C)OC(=O)Nc1cccc(Oc2cc(C#N)ncn2)c1.CC(C)(C)OC(=O)Nc1cccc(Oc2cc(C(N)=NO)ncn2)c1.CC(C)(C)OC(=O)Nc1cccc(Oc2cc(Cl)ncn2)c1.CC(C)(C)OC(=O)Nc1cccc(Oc2cc([N+](C)(C)C)ncn2)c1.Clc1cc(Cl)ncn1.[Cl-]. The Balaban J connectivity index is 0.000000244. The number of hydrogen-bond acceptors (Lipinski definition) is 33. The van der Waals surface area contributed by atoms with Crippen LogP contribution in [0.2, 0.25) is 15.5 Å². The molecule has 40 nitrogen and oxygen atoms in total. The number of oxime groups is 1. The molecule has 0 unspecified atom stereocenters.